The van der Waals surface area contributed by atoms with E-state index in [1.165, 1.54) is 5.56 Å². The van der Waals surface area contributed by atoms with Crippen LogP contribution in [0.25, 0.3) is 0 Å². The molecule has 1 heterocycles. The lowest BCUT2D eigenvalue weighted by atomic mass is 9.84. The Hall–Kier alpha value is -2.00. The summed E-state index contributed by atoms with van der Waals surface area (Å²) in [5.74, 6) is 0.196. The van der Waals surface area contributed by atoms with Gasteiger partial charge in [-0.1, -0.05) is 30.3 Å². The highest BCUT2D eigenvalue weighted by atomic mass is 16.3. The summed E-state index contributed by atoms with van der Waals surface area (Å²) in [6.45, 7) is 3.62. The molecule has 3 N–H and O–H groups in total. The Morgan fingerprint density at radius 3 is 2.65 bits per heavy atom. The first-order valence-corrected chi connectivity index (χ1v) is 6.98. The quantitative estimate of drug-likeness (QED) is 0.698. The van der Waals surface area contributed by atoms with E-state index in [1.807, 2.05) is 25.1 Å². The molecule has 3 rings (SSSR count). The molecule has 0 radical (unpaired) electrons. The van der Waals surface area contributed by atoms with E-state index in [-0.39, 0.29) is 17.4 Å². The van der Waals surface area contributed by atoms with Gasteiger partial charge in [0.1, 0.15) is 0 Å². The summed E-state index contributed by atoms with van der Waals surface area (Å²) in [5.41, 5.74) is 4.29. The van der Waals surface area contributed by atoms with Crippen molar-refractivity contribution in [2.24, 2.45) is 0 Å². The first kappa shape index (κ1) is 13.0. The van der Waals surface area contributed by atoms with Gasteiger partial charge < -0.3 is 15.5 Å². The van der Waals surface area contributed by atoms with Gasteiger partial charge in [-0.15, -0.1) is 0 Å². The molecule has 3 heteroatoms. The number of aromatic hydroxyl groups is 2. The number of hydrogen-bond acceptors (Lipinski definition) is 3. The zero-order chi connectivity index (χ0) is 14.1. The van der Waals surface area contributed by atoms with E-state index in [0.29, 0.717) is 0 Å². The summed E-state index contributed by atoms with van der Waals surface area (Å²) < 4.78 is 0. The highest BCUT2D eigenvalue weighted by Crippen LogP contribution is 2.40. The molecule has 2 aromatic rings. The minimum absolute atomic E-state index is 0.00609. The van der Waals surface area contributed by atoms with E-state index in [9.17, 15) is 10.2 Å². The van der Waals surface area contributed by atoms with Crippen molar-refractivity contribution >= 4 is 0 Å². The number of rotatable bonds is 1. The van der Waals surface area contributed by atoms with E-state index in [0.717, 1.165) is 36.2 Å². The first-order chi connectivity index (χ1) is 9.68. The number of benzene rings is 2. The van der Waals surface area contributed by atoms with E-state index < -0.39 is 0 Å². The smallest absolute Gasteiger partial charge is 0.160 e. The van der Waals surface area contributed by atoms with E-state index in [1.54, 1.807) is 6.07 Å². The van der Waals surface area contributed by atoms with Gasteiger partial charge in [-0.25, -0.2) is 0 Å². The van der Waals surface area contributed by atoms with Crippen LogP contribution < -0.4 is 5.32 Å². The highest BCUT2D eigenvalue weighted by molar-refractivity contribution is 5.56. The fourth-order valence-corrected chi connectivity index (χ4v) is 3.11. The maximum atomic E-state index is 10.0. The minimum Gasteiger partial charge on any atom is -0.504 e. The van der Waals surface area contributed by atoms with Crippen LogP contribution in [0.5, 0.6) is 11.5 Å². The average molecular weight is 269 g/mol. The fraction of sp³-hybridized carbons (Fsp3) is 0.294. The maximum absolute atomic E-state index is 10.0. The van der Waals surface area contributed by atoms with Crippen LogP contribution in [-0.4, -0.2) is 23.3 Å². The molecule has 20 heavy (non-hydrogen) atoms. The summed E-state index contributed by atoms with van der Waals surface area (Å²) in [6.07, 6.45) is 0.868. The molecule has 0 aliphatic carbocycles. The summed E-state index contributed by atoms with van der Waals surface area (Å²) in [6, 6.07) is 12.0. The molecule has 0 amide bonds. The Morgan fingerprint density at radius 1 is 1.15 bits per heavy atom. The molecule has 0 bridgehead atoms. The van der Waals surface area contributed by atoms with Gasteiger partial charge in [0.25, 0.3) is 0 Å². The van der Waals surface area contributed by atoms with Gasteiger partial charge in [0.15, 0.2) is 11.5 Å². The van der Waals surface area contributed by atoms with Crippen molar-refractivity contribution in [3.63, 3.8) is 0 Å². The Labute approximate surface area is 118 Å². The van der Waals surface area contributed by atoms with Gasteiger partial charge in [0, 0.05) is 12.5 Å². The normalized spacial score (nSPS) is 18.4. The third-order valence-corrected chi connectivity index (χ3v) is 4.13. The Kier molecular flexibility index (Phi) is 3.36. The van der Waals surface area contributed by atoms with Crippen molar-refractivity contribution in [2.75, 3.05) is 13.1 Å². The molecule has 0 unspecified atom stereocenters. The zero-order valence-corrected chi connectivity index (χ0v) is 11.6. The molecule has 0 saturated carbocycles. The molecule has 1 aliphatic heterocycles. The van der Waals surface area contributed by atoms with Crippen LogP contribution in [-0.2, 0) is 6.42 Å². The summed E-state index contributed by atoms with van der Waals surface area (Å²) in [5, 5.41) is 23.3. The second kappa shape index (κ2) is 5.17. The monoisotopic (exact) mass is 269 g/mol. The van der Waals surface area contributed by atoms with Gasteiger partial charge in [0.2, 0.25) is 0 Å². The largest absolute Gasteiger partial charge is 0.504 e. The van der Waals surface area contributed by atoms with Gasteiger partial charge in [-0.05, 0) is 48.2 Å². The van der Waals surface area contributed by atoms with Crippen LogP contribution in [0, 0.1) is 6.92 Å². The topological polar surface area (TPSA) is 52.5 Å². The lowest BCUT2D eigenvalue weighted by molar-refractivity contribution is 0.399. The molecule has 0 fully saturated rings. The van der Waals surface area contributed by atoms with Crippen LogP contribution in [0.1, 0.15) is 28.2 Å². The Bertz CT molecular complexity index is 623. The van der Waals surface area contributed by atoms with Crippen molar-refractivity contribution in [1.29, 1.82) is 0 Å². The molecule has 0 aromatic heterocycles. The Balaban J connectivity index is 2.19. The molecular formula is C17H19NO2. The van der Waals surface area contributed by atoms with Gasteiger partial charge in [-0.3, -0.25) is 0 Å². The zero-order valence-electron chi connectivity index (χ0n) is 11.6. The summed E-state index contributed by atoms with van der Waals surface area (Å²) in [4.78, 5) is 0. The molecule has 2 aromatic carbocycles. The van der Waals surface area contributed by atoms with Crippen molar-refractivity contribution in [3.05, 3.63) is 58.7 Å². The molecule has 1 aliphatic rings. The molecule has 3 nitrogen and oxygen atoms in total. The SMILES string of the molecule is Cc1c(O)c(O)cc2c1[C@@H](c1ccccc1)CNCC2. The number of phenols is 2. The molecule has 1 atom stereocenters. The predicted molar refractivity (Wildman–Crippen MR) is 79.4 cm³/mol. The third-order valence-electron chi connectivity index (χ3n) is 4.13. The van der Waals surface area contributed by atoms with Gasteiger partial charge in [-0.2, -0.15) is 0 Å². The Morgan fingerprint density at radius 2 is 1.90 bits per heavy atom. The summed E-state index contributed by atoms with van der Waals surface area (Å²) >= 11 is 0. The maximum Gasteiger partial charge on any atom is 0.160 e. The number of nitrogens with one attached hydrogen (secondary N) is 1. The van der Waals surface area contributed by atoms with Gasteiger partial charge >= 0.3 is 0 Å². The first-order valence-electron chi connectivity index (χ1n) is 6.98. The van der Waals surface area contributed by atoms with Crippen molar-refractivity contribution in [2.45, 2.75) is 19.3 Å². The number of hydrogen-bond donors (Lipinski definition) is 3. The highest BCUT2D eigenvalue weighted by Gasteiger charge is 2.24. The molecular weight excluding hydrogens is 250 g/mol. The van der Waals surface area contributed by atoms with Crippen LogP contribution in [0.3, 0.4) is 0 Å². The molecule has 0 spiro atoms. The lowest BCUT2D eigenvalue weighted by Crippen LogP contribution is -2.21. The van der Waals surface area contributed by atoms with Crippen molar-refractivity contribution in [1.82, 2.24) is 5.32 Å². The van der Waals surface area contributed by atoms with E-state index >= 15 is 0 Å². The van der Waals surface area contributed by atoms with E-state index in [2.05, 4.69) is 17.4 Å². The van der Waals surface area contributed by atoms with Crippen molar-refractivity contribution in [3.8, 4) is 11.5 Å². The van der Waals surface area contributed by atoms with Crippen molar-refractivity contribution < 1.29 is 10.2 Å². The predicted octanol–water partition coefficient (Wildman–Crippen LogP) is 2.68. The van der Waals surface area contributed by atoms with Crippen LogP contribution in [0.15, 0.2) is 36.4 Å². The second-order valence-corrected chi connectivity index (χ2v) is 5.36. The van der Waals surface area contributed by atoms with Crippen LogP contribution in [0.2, 0.25) is 0 Å². The molecule has 104 valence electrons. The molecule has 0 saturated heterocycles. The number of phenolic OH excluding ortho intramolecular Hbond substituents is 2. The number of fused-ring (bicyclic) bond motifs is 1. The summed E-state index contributed by atoms with van der Waals surface area (Å²) in [7, 11) is 0. The second-order valence-electron chi connectivity index (χ2n) is 5.36. The van der Waals surface area contributed by atoms with Crippen LogP contribution >= 0.6 is 0 Å². The van der Waals surface area contributed by atoms with Gasteiger partial charge in [0.05, 0.1) is 0 Å². The third kappa shape index (κ3) is 2.14. The van der Waals surface area contributed by atoms with E-state index in [4.69, 9.17) is 0 Å². The standard InChI is InChI=1S/C17H19NO2/c1-11-16-13(9-15(19)17(11)20)7-8-18-10-14(16)12-5-3-2-4-6-12/h2-6,9,14,18-20H,7-8,10H2,1H3/t14-/m1/s1. The van der Waals surface area contributed by atoms with Crippen LogP contribution in [0.4, 0.5) is 0 Å². The fourth-order valence-electron chi connectivity index (χ4n) is 3.11. The lowest BCUT2D eigenvalue weighted by Gasteiger charge is -2.21. The minimum atomic E-state index is -0.0186. The average Bonchev–Trinajstić information content (AvgIpc) is 2.68.